The van der Waals surface area contributed by atoms with E-state index in [0.717, 1.165) is 37.4 Å². The average Bonchev–Trinajstić information content (AvgIpc) is 2.36. The van der Waals surface area contributed by atoms with Gasteiger partial charge >= 0.3 is 0 Å². The van der Waals surface area contributed by atoms with Gasteiger partial charge in [0, 0.05) is 19.5 Å². The summed E-state index contributed by atoms with van der Waals surface area (Å²) >= 11 is 6.14. The first-order chi connectivity index (χ1) is 8.70. The summed E-state index contributed by atoms with van der Waals surface area (Å²) in [7, 11) is 0. The van der Waals surface area contributed by atoms with Gasteiger partial charge in [-0.2, -0.15) is 0 Å². The number of rotatable bonds is 4. The van der Waals surface area contributed by atoms with Gasteiger partial charge in [0.2, 0.25) is 5.91 Å². The van der Waals surface area contributed by atoms with Crippen molar-refractivity contribution in [3.05, 3.63) is 22.8 Å². The molecule has 0 unspecified atom stereocenters. The SMILES string of the molecule is CCNc1ccc(Cl)c(CN2CCCCC2=O)n1. The van der Waals surface area contributed by atoms with Crippen LogP contribution < -0.4 is 5.32 Å². The Hall–Kier alpha value is -1.29. The number of hydrogen-bond donors (Lipinski definition) is 1. The van der Waals surface area contributed by atoms with Crippen molar-refractivity contribution in [1.82, 2.24) is 9.88 Å². The molecular weight excluding hydrogens is 250 g/mol. The van der Waals surface area contributed by atoms with Crippen LogP contribution in [0, 0.1) is 0 Å². The fourth-order valence-electron chi connectivity index (χ4n) is 2.08. The molecule has 1 fully saturated rings. The van der Waals surface area contributed by atoms with E-state index in [1.807, 2.05) is 24.0 Å². The Kier molecular flexibility index (Phi) is 4.42. The molecule has 0 aromatic carbocycles. The Bertz CT molecular complexity index is 436. The molecule has 5 heteroatoms. The zero-order chi connectivity index (χ0) is 13.0. The van der Waals surface area contributed by atoms with E-state index in [1.165, 1.54) is 0 Å². The van der Waals surface area contributed by atoms with E-state index in [0.29, 0.717) is 18.0 Å². The van der Waals surface area contributed by atoms with Crippen LogP contribution in [0.3, 0.4) is 0 Å². The van der Waals surface area contributed by atoms with Crippen molar-refractivity contribution in [2.45, 2.75) is 32.7 Å². The normalized spacial score (nSPS) is 15.9. The number of likely N-dealkylation sites (tertiary alicyclic amines) is 1. The van der Waals surface area contributed by atoms with Crippen molar-refractivity contribution in [2.75, 3.05) is 18.4 Å². The second-order valence-electron chi connectivity index (χ2n) is 4.43. The van der Waals surface area contributed by atoms with E-state index in [2.05, 4.69) is 10.3 Å². The molecule has 1 aliphatic heterocycles. The van der Waals surface area contributed by atoms with Gasteiger partial charge in [0.05, 0.1) is 17.3 Å². The predicted molar refractivity (Wildman–Crippen MR) is 72.7 cm³/mol. The van der Waals surface area contributed by atoms with Crippen LogP contribution in [-0.2, 0) is 11.3 Å². The summed E-state index contributed by atoms with van der Waals surface area (Å²) in [6, 6.07) is 3.68. The number of aromatic nitrogens is 1. The van der Waals surface area contributed by atoms with E-state index in [4.69, 9.17) is 11.6 Å². The number of carbonyl (C=O) groups is 1. The van der Waals surface area contributed by atoms with Crippen LogP contribution in [-0.4, -0.2) is 28.9 Å². The van der Waals surface area contributed by atoms with Crippen molar-refractivity contribution >= 4 is 23.3 Å². The molecular formula is C13H18ClN3O. The molecule has 0 atom stereocenters. The lowest BCUT2D eigenvalue weighted by atomic mass is 10.1. The van der Waals surface area contributed by atoms with E-state index in [1.54, 1.807) is 0 Å². The van der Waals surface area contributed by atoms with Crippen LogP contribution in [0.4, 0.5) is 5.82 Å². The summed E-state index contributed by atoms with van der Waals surface area (Å²) in [6.07, 6.45) is 2.70. The largest absolute Gasteiger partial charge is 0.370 e. The summed E-state index contributed by atoms with van der Waals surface area (Å²) < 4.78 is 0. The van der Waals surface area contributed by atoms with Gasteiger partial charge in [-0.3, -0.25) is 4.79 Å². The smallest absolute Gasteiger partial charge is 0.222 e. The van der Waals surface area contributed by atoms with Gasteiger partial charge in [0.15, 0.2) is 0 Å². The van der Waals surface area contributed by atoms with E-state index < -0.39 is 0 Å². The van der Waals surface area contributed by atoms with Gasteiger partial charge in [0.25, 0.3) is 0 Å². The molecule has 1 amide bonds. The van der Waals surface area contributed by atoms with Gasteiger partial charge in [0.1, 0.15) is 5.82 Å². The number of hydrogen-bond acceptors (Lipinski definition) is 3. The molecule has 0 aliphatic carbocycles. The van der Waals surface area contributed by atoms with Crippen molar-refractivity contribution < 1.29 is 4.79 Å². The second kappa shape index (κ2) is 6.05. The number of nitrogens with one attached hydrogen (secondary N) is 1. The molecule has 1 aliphatic rings. The fraction of sp³-hybridized carbons (Fsp3) is 0.538. The first-order valence-corrected chi connectivity index (χ1v) is 6.75. The highest BCUT2D eigenvalue weighted by Gasteiger charge is 2.19. The highest BCUT2D eigenvalue weighted by Crippen LogP contribution is 2.20. The molecule has 0 saturated carbocycles. The van der Waals surface area contributed by atoms with Crippen LogP contribution in [0.1, 0.15) is 31.9 Å². The number of nitrogens with zero attached hydrogens (tertiary/aromatic N) is 2. The molecule has 4 nitrogen and oxygen atoms in total. The summed E-state index contributed by atoms with van der Waals surface area (Å²) in [5, 5.41) is 3.77. The lowest BCUT2D eigenvalue weighted by Crippen LogP contribution is -2.35. The first kappa shape index (κ1) is 13.1. The predicted octanol–water partition coefficient (Wildman–Crippen LogP) is 2.68. The van der Waals surface area contributed by atoms with Crippen molar-refractivity contribution in [2.24, 2.45) is 0 Å². The third-order valence-electron chi connectivity index (χ3n) is 3.04. The minimum absolute atomic E-state index is 0.202. The quantitative estimate of drug-likeness (QED) is 0.912. The highest BCUT2D eigenvalue weighted by atomic mass is 35.5. The lowest BCUT2D eigenvalue weighted by molar-refractivity contribution is -0.133. The third kappa shape index (κ3) is 3.13. The van der Waals surface area contributed by atoms with Crippen molar-refractivity contribution in [3.8, 4) is 0 Å². The number of halogens is 1. The maximum Gasteiger partial charge on any atom is 0.222 e. The summed E-state index contributed by atoms with van der Waals surface area (Å²) in [5.74, 6) is 1.01. The Balaban J connectivity index is 2.11. The molecule has 2 heterocycles. The third-order valence-corrected chi connectivity index (χ3v) is 3.38. The van der Waals surface area contributed by atoms with Gasteiger partial charge < -0.3 is 10.2 Å². The zero-order valence-corrected chi connectivity index (χ0v) is 11.3. The number of carbonyl (C=O) groups excluding carboxylic acids is 1. The average molecular weight is 268 g/mol. The second-order valence-corrected chi connectivity index (χ2v) is 4.83. The zero-order valence-electron chi connectivity index (χ0n) is 10.6. The molecule has 18 heavy (non-hydrogen) atoms. The molecule has 1 aromatic heterocycles. The van der Waals surface area contributed by atoms with Crippen LogP contribution >= 0.6 is 11.6 Å². The Morgan fingerprint density at radius 2 is 2.28 bits per heavy atom. The number of amides is 1. The number of anilines is 1. The minimum Gasteiger partial charge on any atom is -0.370 e. The van der Waals surface area contributed by atoms with E-state index in [-0.39, 0.29) is 5.91 Å². The van der Waals surface area contributed by atoms with Crippen LogP contribution in [0.25, 0.3) is 0 Å². The van der Waals surface area contributed by atoms with Gasteiger partial charge in [-0.25, -0.2) is 4.98 Å². The van der Waals surface area contributed by atoms with Crippen LogP contribution in [0.5, 0.6) is 0 Å². The molecule has 0 radical (unpaired) electrons. The topological polar surface area (TPSA) is 45.2 Å². The standard InChI is InChI=1S/C13H18ClN3O/c1-2-15-12-7-6-10(14)11(16-12)9-17-8-4-3-5-13(17)18/h6-7H,2-5,8-9H2,1H3,(H,15,16). The van der Waals surface area contributed by atoms with Crippen molar-refractivity contribution in [1.29, 1.82) is 0 Å². The monoisotopic (exact) mass is 267 g/mol. The lowest BCUT2D eigenvalue weighted by Gasteiger charge is -2.26. The molecule has 1 N–H and O–H groups in total. The molecule has 98 valence electrons. The van der Waals surface area contributed by atoms with Crippen molar-refractivity contribution in [3.63, 3.8) is 0 Å². The van der Waals surface area contributed by atoms with Gasteiger partial charge in [-0.05, 0) is 31.9 Å². The van der Waals surface area contributed by atoms with Crippen LogP contribution in [0.2, 0.25) is 5.02 Å². The number of piperidine rings is 1. The number of pyridine rings is 1. The maximum atomic E-state index is 11.8. The summed E-state index contributed by atoms with van der Waals surface area (Å²) in [6.45, 7) is 4.15. The maximum absolute atomic E-state index is 11.8. The summed E-state index contributed by atoms with van der Waals surface area (Å²) in [4.78, 5) is 18.1. The molecule has 1 aromatic rings. The molecule has 1 saturated heterocycles. The minimum atomic E-state index is 0.202. The molecule has 2 rings (SSSR count). The Morgan fingerprint density at radius 3 is 3.00 bits per heavy atom. The summed E-state index contributed by atoms with van der Waals surface area (Å²) in [5.41, 5.74) is 0.769. The highest BCUT2D eigenvalue weighted by molar-refractivity contribution is 6.31. The first-order valence-electron chi connectivity index (χ1n) is 6.37. The Labute approximate surface area is 112 Å². The van der Waals surface area contributed by atoms with E-state index >= 15 is 0 Å². The van der Waals surface area contributed by atoms with Gasteiger partial charge in [-0.1, -0.05) is 11.6 Å². The van der Waals surface area contributed by atoms with Gasteiger partial charge in [-0.15, -0.1) is 0 Å². The Morgan fingerprint density at radius 1 is 1.44 bits per heavy atom. The van der Waals surface area contributed by atoms with E-state index in [9.17, 15) is 4.79 Å². The van der Waals surface area contributed by atoms with Crippen LogP contribution in [0.15, 0.2) is 12.1 Å². The molecule has 0 spiro atoms. The molecule has 0 bridgehead atoms. The fourth-order valence-corrected chi connectivity index (χ4v) is 2.25.